The number of esters is 2. The first kappa shape index (κ1) is 20.0. The molecule has 0 radical (unpaired) electrons. The van der Waals surface area contributed by atoms with Gasteiger partial charge in [-0.15, -0.1) is 0 Å². The highest BCUT2D eigenvalue weighted by Crippen LogP contribution is 2.17. The quantitative estimate of drug-likeness (QED) is 0.411. The first-order valence-corrected chi connectivity index (χ1v) is 8.33. The fourth-order valence-corrected chi connectivity index (χ4v) is 2.22. The fraction of sp³-hybridized carbons (Fsp3) is 0.333. The second-order valence-electron chi connectivity index (χ2n) is 5.35. The van der Waals surface area contributed by atoms with E-state index >= 15 is 0 Å². The van der Waals surface area contributed by atoms with Gasteiger partial charge in [-0.25, -0.2) is 14.5 Å². The van der Waals surface area contributed by atoms with Crippen LogP contribution in [0.2, 0.25) is 0 Å². The van der Waals surface area contributed by atoms with Crippen molar-refractivity contribution in [1.82, 2.24) is 10.2 Å². The molecule has 0 aromatic heterocycles. The largest absolute Gasteiger partial charge is 0.482 e. The van der Waals surface area contributed by atoms with Crippen LogP contribution in [0.15, 0.2) is 30.0 Å². The van der Waals surface area contributed by atoms with Gasteiger partial charge in [0.25, 0.3) is 5.91 Å². The van der Waals surface area contributed by atoms with Crippen LogP contribution in [0, 0.1) is 0 Å². The molecule has 1 saturated heterocycles. The number of nitrogens with one attached hydrogen (secondary N) is 1. The Morgan fingerprint density at radius 2 is 1.67 bits per heavy atom. The zero-order valence-corrected chi connectivity index (χ0v) is 15.0. The topological polar surface area (TPSA) is 111 Å². The maximum atomic E-state index is 12.3. The van der Waals surface area contributed by atoms with Crippen molar-refractivity contribution in [2.75, 3.05) is 26.4 Å². The Morgan fingerprint density at radius 1 is 1.04 bits per heavy atom. The predicted molar refractivity (Wildman–Crippen MR) is 93.4 cm³/mol. The lowest BCUT2D eigenvalue weighted by atomic mass is 10.2. The van der Waals surface area contributed by atoms with Gasteiger partial charge >= 0.3 is 18.0 Å². The van der Waals surface area contributed by atoms with Crippen LogP contribution in [0.5, 0.6) is 5.75 Å². The van der Waals surface area contributed by atoms with Gasteiger partial charge in [0.2, 0.25) is 0 Å². The summed E-state index contributed by atoms with van der Waals surface area (Å²) in [7, 11) is 0. The summed E-state index contributed by atoms with van der Waals surface area (Å²) in [6.45, 7) is 3.13. The molecule has 0 unspecified atom stereocenters. The number of rotatable bonds is 8. The highest BCUT2D eigenvalue weighted by Gasteiger charge is 2.35. The van der Waals surface area contributed by atoms with Crippen LogP contribution in [-0.4, -0.2) is 55.1 Å². The van der Waals surface area contributed by atoms with Crippen molar-refractivity contribution in [2.45, 2.75) is 13.8 Å². The number of hydrogen-bond acceptors (Lipinski definition) is 7. The fourth-order valence-electron chi connectivity index (χ4n) is 2.22. The van der Waals surface area contributed by atoms with E-state index in [9.17, 15) is 19.2 Å². The molecule has 0 atom stereocenters. The molecule has 3 amide bonds. The molecule has 1 N–H and O–H groups in total. The van der Waals surface area contributed by atoms with Gasteiger partial charge in [0.15, 0.2) is 6.61 Å². The molecule has 0 aliphatic carbocycles. The molecule has 1 aromatic carbocycles. The van der Waals surface area contributed by atoms with Crippen molar-refractivity contribution in [3.8, 4) is 5.75 Å². The summed E-state index contributed by atoms with van der Waals surface area (Å²) in [4.78, 5) is 47.6. The van der Waals surface area contributed by atoms with Gasteiger partial charge < -0.3 is 19.5 Å². The van der Waals surface area contributed by atoms with E-state index in [2.05, 4.69) is 5.32 Å². The zero-order chi connectivity index (χ0) is 19.8. The Bertz CT molecular complexity index is 755. The van der Waals surface area contributed by atoms with Crippen molar-refractivity contribution in [3.63, 3.8) is 0 Å². The second-order valence-corrected chi connectivity index (χ2v) is 5.35. The first-order chi connectivity index (χ1) is 12.9. The van der Waals surface area contributed by atoms with Gasteiger partial charge in [-0.05, 0) is 37.6 Å². The Labute approximate surface area is 155 Å². The molecule has 0 saturated carbocycles. The van der Waals surface area contributed by atoms with E-state index in [0.717, 1.165) is 4.90 Å². The number of benzene rings is 1. The minimum absolute atomic E-state index is 0.0458. The molecule has 144 valence electrons. The van der Waals surface area contributed by atoms with Gasteiger partial charge in [-0.3, -0.25) is 9.59 Å². The summed E-state index contributed by atoms with van der Waals surface area (Å²) in [5, 5.41) is 2.42. The Morgan fingerprint density at radius 3 is 2.30 bits per heavy atom. The number of ether oxygens (including phenoxy) is 3. The van der Waals surface area contributed by atoms with E-state index in [-0.39, 0.29) is 25.5 Å². The summed E-state index contributed by atoms with van der Waals surface area (Å²) < 4.78 is 14.8. The third-order valence-corrected chi connectivity index (χ3v) is 3.41. The Balaban J connectivity index is 1.99. The lowest BCUT2D eigenvalue weighted by Gasteiger charge is -2.10. The molecule has 0 spiro atoms. The van der Waals surface area contributed by atoms with Crippen LogP contribution in [0.4, 0.5) is 4.79 Å². The predicted octanol–water partition coefficient (Wildman–Crippen LogP) is 1.08. The van der Waals surface area contributed by atoms with Crippen molar-refractivity contribution in [3.05, 3.63) is 35.5 Å². The molecule has 0 bridgehead atoms. The second kappa shape index (κ2) is 9.37. The monoisotopic (exact) mass is 376 g/mol. The molecule has 9 heteroatoms. The van der Waals surface area contributed by atoms with Crippen molar-refractivity contribution in [1.29, 1.82) is 0 Å². The lowest BCUT2D eigenvalue weighted by molar-refractivity contribution is -0.146. The minimum atomic E-state index is -0.686. The van der Waals surface area contributed by atoms with Crippen LogP contribution >= 0.6 is 0 Å². The van der Waals surface area contributed by atoms with E-state index in [1.807, 2.05) is 0 Å². The molecule has 1 aromatic rings. The van der Waals surface area contributed by atoms with Crippen LogP contribution in [0.25, 0.3) is 6.08 Å². The molecule has 1 heterocycles. The number of urea groups is 1. The molecule has 27 heavy (non-hydrogen) atoms. The third kappa shape index (κ3) is 5.56. The number of imide groups is 1. The Hall–Kier alpha value is -3.36. The summed E-state index contributed by atoms with van der Waals surface area (Å²) in [5.74, 6) is -1.29. The van der Waals surface area contributed by atoms with Crippen molar-refractivity contribution >= 4 is 30.0 Å². The van der Waals surface area contributed by atoms with Crippen molar-refractivity contribution in [2.24, 2.45) is 0 Å². The highest BCUT2D eigenvalue weighted by molar-refractivity contribution is 6.15. The first-order valence-electron chi connectivity index (χ1n) is 8.33. The number of amides is 3. The van der Waals surface area contributed by atoms with Crippen LogP contribution in [-0.2, 0) is 23.9 Å². The highest BCUT2D eigenvalue weighted by atomic mass is 16.6. The van der Waals surface area contributed by atoms with E-state index in [1.165, 1.54) is 6.08 Å². The standard InChI is InChI=1S/C18H20N2O7/c1-3-25-15(21)10-20-17(23)14(19-18(20)24)9-12-5-7-13(8-6-12)27-11-16(22)26-4-2/h5-9H,3-4,10-11H2,1-2H3,(H,19,24)/b14-9-. The third-order valence-electron chi connectivity index (χ3n) is 3.41. The SMILES string of the molecule is CCOC(=O)COc1ccc(/C=C2\NC(=O)N(CC(=O)OCC)C2=O)cc1. The maximum absolute atomic E-state index is 12.3. The molecule has 1 fully saturated rings. The zero-order valence-electron chi connectivity index (χ0n) is 15.0. The van der Waals surface area contributed by atoms with Gasteiger partial charge in [0.1, 0.15) is 18.0 Å². The summed E-state index contributed by atoms with van der Waals surface area (Å²) in [6.07, 6.45) is 1.47. The molecule has 9 nitrogen and oxygen atoms in total. The number of carbonyl (C=O) groups is 4. The Kier molecular flexibility index (Phi) is 6.93. The maximum Gasteiger partial charge on any atom is 0.344 e. The average Bonchev–Trinajstić information content (AvgIpc) is 2.89. The van der Waals surface area contributed by atoms with Crippen LogP contribution in [0.1, 0.15) is 19.4 Å². The van der Waals surface area contributed by atoms with Crippen LogP contribution < -0.4 is 10.1 Å². The van der Waals surface area contributed by atoms with Crippen molar-refractivity contribution < 1.29 is 33.4 Å². The van der Waals surface area contributed by atoms with Gasteiger partial charge in [0, 0.05) is 0 Å². The molecular weight excluding hydrogens is 356 g/mol. The van der Waals surface area contributed by atoms with E-state index < -0.39 is 30.4 Å². The normalized spacial score (nSPS) is 14.9. The molecule has 1 aliphatic rings. The molecule has 2 rings (SSSR count). The molecular formula is C18H20N2O7. The molecule has 1 aliphatic heterocycles. The van der Waals surface area contributed by atoms with Crippen LogP contribution in [0.3, 0.4) is 0 Å². The lowest BCUT2D eigenvalue weighted by Crippen LogP contribution is -2.36. The van der Waals surface area contributed by atoms with E-state index in [4.69, 9.17) is 14.2 Å². The smallest absolute Gasteiger partial charge is 0.344 e. The summed E-state index contributed by atoms with van der Waals surface area (Å²) >= 11 is 0. The minimum Gasteiger partial charge on any atom is -0.482 e. The average molecular weight is 376 g/mol. The number of hydrogen-bond donors (Lipinski definition) is 1. The van der Waals surface area contributed by atoms with E-state index in [1.54, 1.807) is 38.1 Å². The summed E-state index contributed by atoms with van der Waals surface area (Å²) in [5.41, 5.74) is 0.671. The number of carbonyl (C=O) groups excluding carboxylic acids is 4. The number of nitrogens with zero attached hydrogens (tertiary/aromatic N) is 1. The van der Waals surface area contributed by atoms with E-state index in [0.29, 0.717) is 11.3 Å². The van der Waals surface area contributed by atoms with Gasteiger partial charge in [0.05, 0.1) is 13.2 Å². The summed E-state index contributed by atoms with van der Waals surface area (Å²) in [6, 6.07) is 5.85. The van der Waals surface area contributed by atoms with Gasteiger partial charge in [-0.1, -0.05) is 12.1 Å². The van der Waals surface area contributed by atoms with Gasteiger partial charge in [-0.2, -0.15) is 0 Å².